The second-order valence-corrected chi connectivity index (χ2v) is 8.88. The first-order chi connectivity index (χ1) is 9.53. The highest BCUT2D eigenvalue weighted by Crippen LogP contribution is 2.25. The van der Waals surface area contributed by atoms with Crippen LogP contribution < -0.4 is 4.72 Å². The van der Waals surface area contributed by atoms with Crippen molar-refractivity contribution in [3.8, 4) is 6.07 Å². The van der Waals surface area contributed by atoms with Crippen LogP contribution in [0.15, 0.2) is 23.1 Å². The number of nitrogens with zero attached hydrogens (tertiary/aromatic N) is 1. The Labute approximate surface area is 132 Å². The van der Waals surface area contributed by atoms with Gasteiger partial charge in [0.2, 0.25) is 10.0 Å². The number of halogens is 1. The fourth-order valence-corrected chi connectivity index (χ4v) is 6.04. The zero-order valence-electron chi connectivity index (χ0n) is 10.5. The molecule has 1 aliphatic heterocycles. The molecule has 8 heteroatoms. The molecule has 1 fully saturated rings. The first-order valence-electron chi connectivity index (χ1n) is 5.91. The first-order valence-corrected chi connectivity index (χ1v) is 9.98. The average Bonchev–Trinajstić information content (AvgIpc) is 2.47. The van der Waals surface area contributed by atoms with Gasteiger partial charge >= 0.3 is 0 Å². The molecule has 0 aromatic heterocycles. The molecule has 108 valence electrons. The molecule has 0 saturated carbocycles. The van der Waals surface area contributed by atoms with Crippen LogP contribution in [0.25, 0.3) is 0 Å². The highest BCUT2D eigenvalue weighted by molar-refractivity contribution is 8.06. The Morgan fingerprint density at radius 2 is 2.25 bits per heavy atom. The fourth-order valence-electron chi connectivity index (χ4n) is 1.71. The summed E-state index contributed by atoms with van der Waals surface area (Å²) in [5, 5.41) is 9.24. The predicted octanol–water partition coefficient (Wildman–Crippen LogP) is 2.34. The number of nitriles is 1. The zero-order valence-corrected chi connectivity index (χ0v) is 13.7. The molecule has 0 aliphatic carbocycles. The summed E-state index contributed by atoms with van der Waals surface area (Å²) < 4.78 is 27.1. The van der Waals surface area contributed by atoms with Crippen molar-refractivity contribution in [1.82, 2.24) is 4.72 Å². The molecule has 1 aliphatic rings. The number of nitrogens with one attached hydrogen (secondary N) is 1. The standard InChI is InChI=1S/C12H13ClN2O2S3/c13-11-2-1-9(6-14)5-12(11)20(16,17)15-7-10-8-18-3-4-19-10/h1-2,5,10,15H,3-4,7-8H2. The highest BCUT2D eigenvalue weighted by Gasteiger charge is 2.21. The van der Waals surface area contributed by atoms with Gasteiger partial charge in [-0.3, -0.25) is 0 Å². The summed E-state index contributed by atoms with van der Waals surface area (Å²) >= 11 is 9.53. The van der Waals surface area contributed by atoms with Crippen LogP contribution in [0.3, 0.4) is 0 Å². The van der Waals surface area contributed by atoms with Crippen molar-refractivity contribution >= 4 is 45.1 Å². The van der Waals surface area contributed by atoms with Crippen LogP contribution in [0.4, 0.5) is 0 Å². The van der Waals surface area contributed by atoms with Crippen molar-refractivity contribution in [2.45, 2.75) is 10.1 Å². The van der Waals surface area contributed by atoms with Crippen molar-refractivity contribution in [2.24, 2.45) is 0 Å². The van der Waals surface area contributed by atoms with Crippen LogP contribution in [-0.4, -0.2) is 37.5 Å². The Morgan fingerprint density at radius 3 is 2.90 bits per heavy atom. The van der Waals surface area contributed by atoms with Gasteiger partial charge in [0.05, 0.1) is 16.7 Å². The summed E-state index contributed by atoms with van der Waals surface area (Å²) in [6.07, 6.45) is 0. The molecule has 1 aromatic carbocycles. The summed E-state index contributed by atoms with van der Waals surface area (Å²) in [5.41, 5.74) is 0.275. The molecule has 1 N–H and O–H groups in total. The molecule has 20 heavy (non-hydrogen) atoms. The molecular formula is C12H13ClN2O2S3. The molecule has 2 rings (SSSR count). The van der Waals surface area contributed by atoms with Gasteiger partial charge in [-0.1, -0.05) is 11.6 Å². The maximum absolute atomic E-state index is 12.2. The SMILES string of the molecule is N#Cc1ccc(Cl)c(S(=O)(=O)NCC2CSCCS2)c1. The number of hydrogen-bond donors (Lipinski definition) is 1. The third-order valence-corrected chi connectivity index (χ3v) is 7.49. The first kappa shape index (κ1) is 16.0. The van der Waals surface area contributed by atoms with E-state index in [1.54, 1.807) is 11.8 Å². The lowest BCUT2D eigenvalue weighted by Crippen LogP contribution is -2.33. The Kier molecular flexibility index (Phi) is 5.64. The topological polar surface area (TPSA) is 70.0 Å². The van der Waals surface area contributed by atoms with E-state index in [1.165, 1.54) is 18.2 Å². The van der Waals surface area contributed by atoms with Crippen LogP contribution >= 0.6 is 35.1 Å². The lowest BCUT2D eigenvalue weighted by Gasteiger charge is -2.21. The Bertz CT molecular complexity index is 622. The quantitative estimate of drug-likeness (QED) is 0.904. The number of benzene rings is 1. The molecule has 1 heterocycles. The molecule has 1 atom stereocenters. The summed E-state index contributed by atoms with van der Waals surface area (Å²) in [4.78, 5) is -0.0355. The van der Waals surface area contributed by atoms with Gasteiger partial charge in [-0.25, -0.2) is 13.1 Å². The van der Waals surface area contributed by atoms with Crippen LogP contribution in [-0.2, 0) is 10.0 Å². The average molecular weight is 349 g/mol. The molecular weight excluding hydrogens is 336 g/mol. The molecule has 1 aromatic rings. The molecule has 0 bridgehead atoms. The summed E-state index contributed by atoms with van der Waals surface area (Å²) in [5.74, 6) is 3.10. The third kappa shape index (κ3) is 4.06. The van der Waals surface area contributed by atoms with E-state index in [4.69, 9.17) is 16.9 Å². The summed E-state index contributed by atoms with van der Waals surface area (Å²) in [6.45, 7) is 0.382. The van der Waals surface area contributed by atoms with E-state index in [0.717, 1.165) is 17.3 Å². The molecule has 0 spiro atoms. The predicted molar refractivity (Wildman–Crippen MR) is 84.9 cm³/mol. The van der Waals surface area contributed by atoms with Gasteiger partial charge < -0.3 is 0 Å². The number of hydrogen-bond acceptors (Lipinski definition) is 5. The van der Waals surface area contributed by atoms with Crippen LogP contribution in [0.1, 0.15) is 5.56 Å². The Morgan fingerprint density at radius 1 is 1.45 bits per heavy atom. The smallest absolute Gasteiger partial charge is 0.210 e. The second-order valence-electron chi connectivity index (χ2n) is 4.18. The maximum atomic E-state index is 12.2. The largest absolute Gasteiger partial charge is 0.242 e. The molecule has 0 amide bonds. The lowest BCUT2D eigenvalue weighted by molar-refractivity contribution is 0.581. The van der Waals surface area contributed by atoms with Gasteiger partial charge in [-0.2, -0.15) is 28.8 Å². The summed E-state index contributed by atoms with van der Waals surface area (Å²) in [7, 11) is -3.68. The van der Waals surface area contributed by atoms with Crippen molar-refractivity contribution in [3.63, 3.8) is 0 Å². The van der Waals surface area contributed by atoms with Gasteiger partial charge in [0.25, 0.3) is 0 Å². The van der Waals surface area contributed by atoms with E-state index in [1.807, 2.05) is 17.8 Å². The minimum atomic E-state index is -3.68. The minimum absolute atomic E-state index is 0.0355. The monoisotopic (exact) mass is 348 g/mol. The van der Waals surface area contributed by atoms with E-state index >= 15 is 0 Å². The van der Waals surface area contributed by atoms with E-state index in [9.17, 15) is 8.42 Å². The van der Waals surface area contributed by atoms with Crippen LogP contribution in [0.5, 0.6) is 0 Å². The van der Waals surface area contributed by atoms with Crippen molar-refractivity contribution in [2.75, 3.05) is 23.8 Å². The molecule has 1 unspecified atom stereocenters. The highest BCUT2D eigenvalue weighted by atomic mass is 35.5. The maximum Gasteiger partial charge on any atom is 0.242 e. The van der Waals surface area contributed by atoms with Crippen LogP contribution in [0.2, 0.25) is 5.02 Å². The molecule has 0 radical (unpaired) electrons. The van der Waals surface area contributed by atoms with E-state index in [0.29, 0.717) is 6.54 Å². The van der Waals surface area contributed by atoms with Gasteiger partial charge in [0.1, 0.15) is 4.90 Å². The zero-order chi connectivity index (χ0) is 14.6. The van der Waals surface area contributed by atoms with E-state index in [2.05, 4.69) is 4.72 Å². The van der Waals surface area contributed by atoms with Crippen molar-refractivity contribution in [1.29, 1.82) is 5.26 Å². The van der Waals surface area contributed by atoms with Crippen LogP contribution in [0, 0.1) is 11.3 Å². The van der Waals surface area contributed by atoms with Gasteiger partial charge in [0.15, 0.2) is 0 Å². The minimum Gasteiger partial charge on any atom is -0.210 e. The Balaban J connectivity index is 2.11. The van der Waals surface area contributed by atoms with Crippen molar-refractivity contribution < 1.29 is 8.42 Å². The number of rotatable bonds is 4. The van der Waals surface area contributed by atoms with Gasteiger partial charge in [-0.05, 0) is 18.2 Å². The third-order valence-electron chi connectivity index (χ3n) is 2.74. The lowest BCUT2D eigenvalue weighted by atomic mass is 10.2. The van der Waals surface area contributed by atoms with Crippen molar-refractivity contribution in [3.05, 3.63) is 28.8 Å². The fraction of sp³-hybridized carbons (Fsp3) is 0.417. The van der Waals surface area contributed by atoms with Gasteiger partial charge in [0, 0.05) is 29.1 Å². The number of sulfonamides is 1. The second kappa shape index (κ2) is 7.05. The van der Waals surface area contributed by atoms with E-state index in [-0.39, 0.29) is 20.7 Å². The van der Waals surface area contributed by atoms with E-state index < -0.39 is 10.0 Å². The van der Waals surface area contributed by atoms with Gasteiger partial charge in [-0.15, -0.1) is 0 Å². The normalized spacial score (nSPS) is 19.5. The molecule has 1 saturated heterocycles. The Hall–Kier alpha value is -0.390. The molecule has 4 nitrogen and oxygen atoms in total. The number of thioether (sulfide) groups is 2. The summed E-state index contributed by atoms with van der Waals surface area (Å²) in [6, 6.07) is 6.14.